The molecule has 2 aromatic rings. The molecule has 0 saturated carbocycles. The standard InChI is InChI=1S/C12H8ClN3/c13-12-8-15-7-11(16-12)10(6-14)9-4-2-1-3-5-9/h1-5,7-8,10H. The summed E-state index contributed by atoms with van der Waals surface area (Å²) in [5.74, 6) is -0.424. The zero-order valence-electron chi connectivity index (χ0n) is 8.34. The topological polar surface area (TPSA) is 49.6 Å². The molecule has 1 aromatic carbocycles. The highest BCUT2D eigenvalue weighted by atomic mass is 35.5. The van der Waals surface area contributed by atoms with Crippen molar-refractivity contribution in [3.8, 4) is 6.07 Å². The van der Waals surface area contributed by atoms with Crippen LogP contribution in [0.4, 0.5) is 0 Å². The Labute approximate surface area is 98.4 Å². The Morgan fingerprint density at radius 3 is 2.56 bits per heavy atom. The highest BCUT2D eigenvalue weighted by Gasteiger charge is 2.14. The highest BCUT2D eigenvalue weighted by Crippen LogP contribution is 2.22. The van der Waals surface area contributed by atoms with Gasteiger partial charge in [-0.1, -0.05) is 41.9 Å². The van der Waals surface area contributed by atoms with Crippen LogP contribution in [0.5, 0.6) is 0 Å². The molecule has 3 nitrogen and oxygen atoms in total. The number of hydrogen-bond donors (Lipinski definition) is 0. The van der Waals surface area contributed by atoms with Gasteiger partial charge in [0.25, 0.3) is 0 Å². The first-order chi connectivity index (χ1) is 7.81. The van der Waals surface area contributed by atoms with E-state index >= 15 is 0 Å². The van der Waals surface area contributed by atoms with Gasteiger partial charge in [0.2, 0.25) is 0 Å². The second-order valence-corrected chi connectivity index (χ2v) is 3.63. The van der Waals surface area contributed by atoms with Gasteiger partial charge in [-0.3, -0.25) is 4.98 Å². The third-order valence-electron chi connectivity index (χ3n) is 2.18. The fourth-order valence-electron chi connectivity index (χ4n) is 1.45. The predicted molar refractivity (Wildman–Crippen MR) is 60.9 cm³/mol. The number of hydrogen-bond acceptors (Lipinski definition) is 3. The smallest absolute Gasteiger partial charge is 0.147 e. The molecule has 0 spiro atoms. The van der Waals surface area contributed by atoms with E-state index in [1.165, 1.54) is 6.20 Å². The van der Waals surface area contributed by atoms with E-state index in [0.29, 0.717) is 10.8 Å². The Balaban J connectivity index is 2.42. The minimum absolute atomic E-state index is 0.300. The Morgan fingerprint density at radius 2 is 1.94 bits per heavy atom. The van der Waals surface area contributed by atoms with Gasteiger partial charge >= 0.3 is 0 Å². The van der Waals surface area contributed by atoms with Crippen LogP contribution in [0.3, 0.4) is 0 Å². The number of nitrogens with zero attached hydrogens (tertiary/aromatic N) is 3. The van der Waals surface area contributed by atoms with E-state index in [4.69, 9.17) is 16.9 Å². The van der Waals surface area contributed by atoms with E-state index in [-0.39, 0.29) is 0 Å². The lowest BCUT2D eigenvalue weighted by atomic mass is 9.98. The third kappa shape index (κ3) is 2.18. The molecule has 0 radical (unpaired) electrons. The second kappa shape index (κ2) is 4.73. The number of benzene rings is 1. The lowest BCUT2D eigenvalue weighted by Gasteiger charge is -2.07. The number of rotatable bonds is 2. The molecule has 0 amide bonds. The van der Waals surface area contributed by atoms with Gasteiger partial charge in [0.05, 0.1) is 24.2 Å². The van der Waals surface area contributed by atoms with Crippen molar-refractivity contribution in [1.29, 1.82) is 5.26 Å². The summed E-state index contributed by atoms with van der Waals surface area (Å²) in [5, 5.41) is 9.46. The molecule has 2 rings (SSSR count). The Bertz CT molecular complexity index is 519. The Hall–Kier alpha value is -1.92. The van der Waals surface area contributed by atoms with E-state index < -0.39 is 5.92 Å². The van der Waals surface area contributed by atoms with Crippen LogP contribution in [0.15, 0.2) is 42.7 Å². The van der Waals surface area contributed by atoms with Crippen molar-refractivity contribution in [1.82, 2.24) is 9.97 Å². The summed E-state index contributed by atoms with van der Waals surface area (Å²) < 4.78 is 0. The van der Waals surface area contributed by atoms with Gasteiger partial charge in [-0.15, -0.1) is 0 Å². The number of halogens is 1. The molecule has 1 unspecified atom stereocenters. The van der Waals surface area contributed by atoms with Gasteiger partial charge in [0.15, 0.2) is 0 Å². The molecule has 1 heterocycles. The van der Waals surface area contributed by atoms with Gasteiger partial charge in [0.1, 0.15) is 11.1 Å². The van der Waals surface area contributed by atoms with Crippen molar-refractivity contribution in [2.45, 2.75) is 5.92 Å². The minimum atomic E-state index is -0.424. The van der Waals surface area contributed by atoms with Crippen LogP contribution in [0.25, 0.3) is 0 Å². The zero-order chi connectivity index (χ0) is 11.4. The second-order valence-electron chi connectivity index (χ2n) is 3.24. The molecule has 0 aliphatic rings. The van der Waals surface area contributed by atoms with Crippen LogP contribution in [0, 0.1) is 11.3 Å². The van der Waals surface area contributed by atoms with Crippen molar-refractivity contribution >= 4 is 11.6 Å². The maximum Gasteiger partial charge on any atom is 0.147 e. The van der Waals surface area contributed by atoms with E-state index in [2.05, 4.69) is 16.0 Å². The van der Waals surface area contributed by atoms with Gasteiger partial charge in [-0.25, -0.2) is 4.98 Å². The van der Waals surface area contributed by atoms with Crippen molar-refractivity contribution in [3.05, 3.63) is 59.1 Å². The quantitative estimate of drug-likeness (QED) is 0.796. The molecule has 16 heavy (non-hydrogen) atoms. The lowest BCUT2D eigenvalue weighted by Crippen LogP contribution is -2.01. The first kappa shape index (κ1) is 10.6. The maximum atomic E-state index is 9.16. The van der Waals surface area contributed by atoms with Crippen molar-refractivity contribution in [2.75, 3.05) is 0 Å². The first-order valence-electron chi connectivity index (χ1n) is 4.73. The average molecular weight is 230 g/mol. The SMILES string of the molecule is N#CC(c1ccccc1)c1cncc(Cl)n1. The van der Waals surface area contributed by atoms with Crippen LogP contribution in [0.1, 0.15) is 17.2 Å². The fraction of sp³-hybridized carbons (Fsp3) is 0.0833. The summed E-state index contributed by atoms with van der Waals surface area (Å²) in [7, 11) is 0. The van der Waals surface area contributed by atoms with E-state index in [0.717, 1.165) is 5.56 Å². The minimum Gasteiger partial charge on any atom is -0.260 e. The summed E-state index contributed by atoms with van der Waals surface area (Å²) in [6, 6.07) is 11.6. The maximum absolute atomic E-state index is 9.16. The molecule has 0 aliphatic carbocycles. The predicted octanol–water partition coefficient (Wildman–Crippen LogP) is 2.79. The molecular weight excluding hydrogens is 222 g/mol. The molecule has 0 aliphatic heterocycles. The Morgan fingerprint density at radius 1 is 1.19 bits per heavy atom. The van der Waals surface area contributed by atoms with Gasteiger partial charge in [-0.2, -0.15) is 5.26 Å². The van der Waals surface area contributed by atoms with E-state index in [1.54, 1.807) is 6.20 Å². The van der Waals surface area contributed by atoms with Crippen molar-refractivity contribution < 1.29 is 0 Å². The molecule has 4 heteroatoms. The molecule has 0 fully saturated rings. The summed E-state index contributed by atoms with van der Waals surface area (Å²) >= 11 is 5.75. The number of nitriles is 1. The van der Waals surface area contributed by atoms with Crippen LogP contribution in [-0.2, 0) is 0 Å². The molecule has 0 N–H and O–H groups in total. The lowest BCUT2D eigenvalue weighted by molar-refractivity contribution is 0.943. The summed E-state index contributed by atoms with van der Waals surface area (Å²) in [4.78, 5) is 8.03. The Kier molecular flexibility index (Phi) is 3.13. The normalized spacial score (nSPS) is 11.8. The van der Waals surface area contributed by atoms with Crippen molar-refractivity contribution in [3.63, 3.8) is 0 Å². The molecule has 1 atom stereocenters. The van der Waals surface area contributed by atoms with Gasteiger partial charge in [0, 0.05) is 0 Å². The van der Waals surface area contributed by atoms with Crippen LogP contribution >= 0.6 is 11.6 Å². The van der Waals surface area contributed by atoms with E-state index in [9.17, 15) is 0 Å². The molecule has 0 saturated heterocycles. The number of aromatic nitrogens is 2. The molecule has 1 aromatic heterocycles. The van der Waals surface area contributed by atoms with Crippen LogP contribution < -0.4 is 0 Å². The van der Waals surface area contributed by atoms with Gasteiger partial charge < -0.3 is 0 Å². The monoisotopic (exact) mass is 229 g/mol. The molecule has 0 bridgehead atoms. The zero-order valence-corrected chi connectivity index (χ0v) is 9.09. The largest absolute Gasteiger partial charge is 0.260 e. The van der Waals surface area contributed by atoms with Crippen LogP contribution in [0.2, 0.25) is 5.15 Å². The van der Waals surface area contributed by atoms with Crippen molar-refractivity contribution in [2.24, 2.45) is 0 Å². The molecule has 78 valence electrons. The molecular formula is C12H8ClN3. The fourth-order valence-corrected chi connectivity index (χ4v) is 1.61. The van der Waals surface area contributed by atoms with E-state index in [1.807, 2.05) is 30.3 Å². The first-order valence-corrected chi connectivity index (χ1v) is 5.11. The third-order valence-corrected chi connectivity index (χ3v) is 2.36. The highest BCUT2D eigenvalue weighted by molar-refractivity contribution is 6.29. The summed E-state index contributed by atoms with van der Waals surface area (Å²) in [6.07, 6.45) is 3.01. The van der Waals surface area contributed by atoms with Gasteiger partial charge in [-0.05, 0) is 5.56 Å². The summed E-state index contributed by atoms with van der Waals surface area (Å²) in [5.41, 5.74) is 1.46. The summed E-state index contributed by atoms with van der Waals surface area (Å²) in [6.45, 7) is 0. The van der Waals surface area contributed by atoms with Crippen LogP contribution in [-0.4, -0.2) is 9.97 Å². The average Bonchev–Trinajstić information content (AvgIpc) is 2.31.